The van der Waals surface area contributed by atoms with Crippen LogP contribution in [0.15, 0.2) is 18.3 Å². The van der Waals surface area contributed by atoms with Crippen LogP contribution in [0.4, 0.5) is 5.82 Å². The first-order valence-electron chi connectivity index (χ1n) is 8.72. The number of nitrogens with zero attached hydrogens (tertiary/aromatic N) is 2. The van der Waals surface area contributed by atoms with Gasteiger partial charge in [0.05, 0.1) is 12.1 Å². The third-order valence-electron chi connectivity index (χ3n) is 5.33. The number of anilines is 1. The second-order valence-corrected chi connectivity index (χ2v) is 6.96. The van der Waals surface area contributed by atoms with Gasteiger partial charge >= 0.3 is 0 Å². The van der Waals surface area contributed by atoms with E-state index in [0.717, 1.165) is 37.1 Å². The van der Waals surface area contributed by atoms with Crippen LogP contribution in [-0.4, -0.2) is 22.2 Å². The van der Waals surface area contributed by atoms with Crippen molar-refractivity contribution in [3.05, 3.63) is 24.0 Å². The standard InChI is InChI=1S/C17H25N5/c18-13-5-7-14(8-6-13)20-17-11-15(12-3-1-2-4-12)21-16-9-10-19-22(16)17/h9-14H,1-8,18H2,(H,19,20,21)/p+1. The topological polar surface area (TPSA) is 70.8 Å². The number of rotatable bonds is 3. The highest BCUT2D eigenvalue weighted by molar-refractivity contribution is 5.40. The Morgan fingerprint density at radius 2 is 1.91 bits per heavy atom. The molecule has 2 aromatic rings. The van der Waals surface area contributed by atoms with Crippen LogP contribution >= 0.6 is 0 Å². The Labute approximate surface area is 131 Å². The van der Waals surface area contributed by atoms with Crippen molar-refractivity contribution in [1.82, 2.24) is 10.1 Å². The lowest BCUT2D eigenvalue weighted by molar-refractivity contribution is -0.564. The van der Waals surface area contributed by atoms with Gasteiger partial charge in [-0.15, -0.1) is 9.50 Å². The number of aromatic amines is 1. The molecular formula is C17H26N5+. The van der Waals surface area contributed by atoms with E-state index in [1.807, 2.05) is 6.20 Å². The van der Waals surface area contributed by atoms with E-state index in [-0.39, 0.29) is 0 Å². The summed E-state index contributed by atoms with van der Waals surface area (Å²) in [6, 6.07) is 5.23. The molecule has 0 saturated heterocycles. The predicted octanol–water partition coefficient (Wildman–Crippen LogP) is 2.49. The molecule has 4 rings (SSSR count). The summed E-state index contributed by atoms with van der Waals surface area (Å²) in [6.45, 7) is 0. The van der Waals surface area contributed by atoms with E-state index in [9.17, 15) is 0 Å². The molecule has 0 aromatic carbocycles. The van der Waals surface area contributed by atoms with Crippen LogP contribution < -0.4 is 15.6 Å². The van der Waals surface area contributed by atoms with Gasteiger partial charge in [0.2, 0.25) is 5.82 Å². The molecule has 22 heavy (non-hydrogen) atoms. The zero-order valence-corrected chi connectivity index (χ0v) is 13.1. The highest BCUT2D eigenvalue weighted by Crippen LogP contribution is 2.33. The molecule has 2 aliphatic rings. The summed E-state index contributed by atoms with van der Waals surface area (Å²) >= 11 is 0. The number of hydrogen-bond acceptors (Lipinski definition) is 3. The van der Waals surface area contributed by atoms with Crippen molar-refractivity contribution >= 4 is 11.5 Å². The molecule has 2 heterocycles. The van der Waals surface area contributed by atoms with Crippen LogP contribution in [0, 0.1) is 0 Å². The van der Waals surface area contributed by atoms with E-state index in [1.165, 1.54) is 31.4 Å². The predicted molar refractivity (Wildman–Crippen MR) is 86.8 cm³/mol. The Balaban J connectivity index is 1.61. The Bertz CT molecular complexity index is 636. The van der Waals surface area contributed by atoms with Crippen LogP contribution in [0.1, 0.15) is 63.0 Å². The Kier molecular flexibility index (Phi) is 3.74. The highest BCUT2D eigenvalue weighted by atomic mass is 15.3. The lowest BCUT2D eigenvalue weighted by Gasteiger charge is -2.25. The van der Waals surface area contributed by atoms with Crippen molar-refractivity contribution < 1.29 is 4.52 Å². The Morgan fingerprint density at radius 3 is 2.68 bits per heavy atom. The van der Waals surface area contributed by atoms with Gasteiger partial charge in [-0.05, 0) is 38.5 Å². The van der Waals surface area contributed by atoms with Gasteiger partial charge in [0.1, 0.15) is 5.69 Å². The molecule has 0 aliphatic heterocycles. The normalized spacial score (nSPS) is 26.6. The van der Waals surface area contributed by atoms with Crippen LogP contribution in [-0.2, 0) is 0 Å². The molecule has 2 aliphatic carbocycles. The van der Waals surface area contributed by atoms with E-state index >= 15 is 0 Å². The lowest BCUT2D eigenvalue weighted by Crippen LogP contribution is -2.37. The number of fused-ring (bicyclic) bond motifs is 1. The summed E-state index contributed by atoms with van der Waals surface area (Å²) in [5.41, 5.74) is 8.29. The summed E-state index contributed by atoms with van der Waals surface area (Å²) in [5.74, 6) is 1.79. The SMILES string of the molecule is NC1CCC(Nc2cc(C3CCCC3)nc3cc[nH][n+]23)CC1. The molecule has 2 saturated carbocycles. The summed E-state index contributed by atoms with van der Waals surface area (Å²) in [4.78, 5) is 4.85. The van der Waals surface area contributed by atoms with Crippen LogP contribution in [0.5, 0.6) is 0 Å². The minimum absolute atomic E-state index is 0.391. The largest absolute Gasteiger partial charge is 0.328 e. The van der Waals surface area contributed by atoms with Gasteiger partial charge in [-0.3, -0.25) is 5.10 Å². The maximum atomic E-state index is 6.02. The van der Waals surface area contributed by atoms with Crippen molar-refractivity contribution in [1.29, 1.82) is 0 Å². The first-order chi connectivity index (χ1) is 10.8. The summed E-state index contributed by atoms with van der Waals surface area (Å²) in [5, 5.41) is 7.00. The molecule has 2 aromatic heterocycles. The smallest absolute Gasteiger partial charge is 0.286 e. The van der Waals surface area contributed by atoms with Crippen molar-refractivity contribution in [2.45, 2.75) is 69.4 Å². The van der Waals surface area contributed by atoms with Crippen molar-refractivity contribution in [3.8, 4) is 0 Å². The highest BCUT2D eigenvalue weighted by Gasteiger charge is 2.26. The molecule has 2 fully saturated rings. The average molecular weight is 300 g/mol. The minimum atomic E-state index is 0.391. The van der Waals surface area contributed by atoms with E-state index in [2.05, 4.69) is 27.1 Å². The lowest BCUT2D eigenvalue weighted by atomic mass is 9.92. The second-order valence-electron chi connectivity index (χ2n) is 6.96. The molecule has 0 amide bonds. The Morgan fingerprint density at radius 1 is 1.14 bits per heavy atom. The molecule has 0 spiro atoms. The molecule has 5 heteroatoms. The quantitative estimate of drug-likeness (QED) is 0.763. The van der Waals surface area contributed by atoms with Gasteiger partial charge in [-0.1, -0.05) is 12.8 Å². The fraction of sp³-hybridized carbons (Fsp3) is 0.647. The number of H-pyrrole nitrogens is 1. The summed E-state index contributed by atoms with van der Waals surface area (Å²) in [7, 11) is 0. The van der Waals surface area contributed by atoms with E-state index in [1.54, 1.807) is 0 Å². The van der Waals surface area contributed by atoms with Gasteiger partial charge in [0.25, 0.3) is 5.65 Å². The molecule has 0 radical (unpaired) electrons. The maximum Gasteiger partial charge on any atom is 0.286 e. The summed E-state index contributed by atoms with van der Waals surface area (Å²) < 4.78 is 2.06. The number of aromatic nitrogens is 3. The fourth-order valence-electron chi connectivity index (χ4n) is 3.99. The first-order valence-corrected chi connectivity index (χ1v) is 8.72. The van der Waals surface area contributed by atoms with Crippen molar-refractivity contribution in [2.24, 2.45) is 5.73 Å². The maximum absolute atomic E-state index is 6.02. The van der Waals surface area contributed by atoms with Crippen LogP contribution in [0.25, 0.3) is 5.65 Å². The monoisotopic (exact) mass is 300 g/mol. The second kappa shape index (κ2) is 5.88. The minimum Gasteiger partial charge on any atom is -0.328 e. The van der Waals surface area contributed by atoms with E-state index in [0.29, 0.717) is 18.0 Å². The number of nitrogens with two attached hydrogens (primary N) is 1. The van der Waals surface area contributed by atoms with Crippen molar-refractivity contribution in [3.63, 3.8) is 0 Å². The number of hydrogen-bond donors (Lipinski definition) is 3. The van der Waals surface area contributed by atoms with Crippen LogP contribution in [0.3, 0.4) is 0 Å². The molecule has 0 atom stereocenters. The third kappa shape index (κ3) is 2.70. The molecule has 0 bridgehead atoms. The zero-order chi connectivity index (χ0) is 14.9. The molecule has 0 unspecified atom stereocenters. The summed E-state index contributed by atoms with van der Waals surface area (Å²) in [6.07, 6.45) is 11.8. The van der Waals surface area contributed by atoms with E-state index in [4.69, 9.17) is 10.7 Å². The van der Waals surface area contributed by atoms with E-state index < -0.39 is 0 Å². The van der Waals surface area contributed by atoms with Crippen LogP contribution in [0.2, 0.25) is 0 Å². The van der Waals surface area contributed by atoms with Gasteiger partial charge in [-0.25, -0.2) is 0 Å². The van der Waals surface area contributed by atoms with Gasteiger partial charge < -0.3 is 11.1 Å². The average Bonchev–Trinajstić information content (AvgIpc) is 3.20. The van der Waals surface area contributed by atoms with Crippen molar-refractivity contribution in [2.75, 3.05) is 5.32 Å². The van der Waals surface area contributed by atoms with Gasteiger partial charge in [0.15, 0.2) is 0 Å². The fourth-order valence-corrected chi connectivity index (χ4v) is 3.99. The Hall–Kier alpha value is -1.62. The zero-order valence-electron chi connectivity index (χ0n) is 13.1. The third-order valence-corrected chi connectivity index (χ3v) is 5.33. The molecule has 5 nitrogen and oxygen atoms in total. The van der Waals surface area contributed by atoms with Gasteiger partial charge in [-0.2, -0.15) is 0 Å². The molecule has 4 N–H and O–H groups in total. The number of nitrogens with one attached hydrogen (secondary N) is 2. The first kappa shape index (κ1) is 14.0. The molecular weight excluding hydrogens is 274 g/mol. The van der Waals surface area contributed by atoms with Gasteiger partial charge in [0, 0.05) is 24.2 Å². The molecule has 118 valence electrons.